The third-order valence-electron chi connectivity index (χ3n) is 1.84. The Balaban J connectivity index is 2.65. The maximum absolute atomic E-state index is 11.6. The molecule has 0 aliphatic rings. The lowest BCUT2D eigenvalue weighted by Gasteiger charge is -2.04. The van der Waals surface area contributed by atoms with E-state index in [1.807, 2.05) is 18.2 Å². The van der Waals surface area contributed by atoms with Crippen LogP contribution in [-0.2, 0) is 0 Å². The van der Waals surface area contributed by atoms with E-state index in [-0.39, 0.29) is 10.7 Å². The molecule has 2 rings (SSSR count). The van der Waals surface area contributed by atoms with Crippen LogP contribution in [-0.4, -0.2) is 9.78 Å². The smallest absolute Gasteiger partial charge is 0.267 e. The number of rotatable bonds is 1. The van der Waals surface area contributed by atoms with Crippen molar-refractivity contribution in [3.8, 4) is 5.69 Å². The highest BCUT2D eigenvalue weighted by atomic mass is 79.9. The van der Waals surface area contributed by atoms with Crippen molar-refractivity contribution in [1.29, 1.82) is 0 Å². The van der Waals surface area contributed by atoms with E-state index in [1.54, 1.807) is 12.1 Å². The summed E-state index contributed by atoms with van der Waals surface area (Å²) in [6.45, 7) is 0. The molecular weight excluding hydrogens is 279 g/mol. The van der Waals surface area contributed by atoms with Crippen LogP contribution in [0.25, 0.3) is 5.69 Å². The molecule has 0 N–H and O–H groups in total. The topological polar surface area (TPSA) is 34.9 Å². The van der Waals surface area contributed by atoms with Crippen LogP contribution in [0.5, 0.6) is 0 Å². The van der Waals surface area contributed by atoms with Gasteiger partial charge in [-0.15, -0.1) is 0 Å². The van der Waals surface area contributed by atoms with Gasteiger partial charge in [-0.3, -0.25) is 4.79 Å². The van der Waals surface area contributed by atoms with Gasteiger partial charge in [0.05, 0.1) is 10.2 Å². The Bertz CT molecular complexity index is 539. The van der Waals surface area contributed by atoms with Gasteiger partial charge in [-0.1, -0.05) is 29.8 Å². The lowest BCUT2D eigenvalue weighted by Crippen LogP contribution is -2.20. The third-order valence-corrected chi connectivity index (χ3v) is 2.96. The lowest BCUT2D eigenvalue weighted by atomic mass is 10.3. The molecule has 2 aromatic rings. The summed E-state index contributed by atoms with van der Waals surface area (Å²) in [5.74, 6) is 0. The molecule has 0 spiro atoms. The summed E-state index contributed by atoms with van der Waals surface area (Å²) in [7, 11) is 0. The second-order valence-electron chi connectivity index (χ2n) is 2.87. The molecule has 0 aliphatic carbocycles. The Kier molecular flexibility index (Phi) is 2.88. The zero-order valence-electron chi connectivity index (χ0n) is 7.52. The second-order valence-corrected chi connectivity index (χ2v) is 4.08. The fourth-order valence-corrected chi connectivity index (χ4v) is 1.57. The quantitative estimate of drug-likeness (QED) is 0.807. The molecule has 0 fully saturated rings. The Morgan fingerprint density at radius 1 is 1.27 bits per heavy atom. The van der Waals surface area contributed by atoms with Crippen molar-refractivity contribution in [2.45, 2.75) is 0 Å². The van der Waals surface area contributed by atoms with Gasteiger partial charge >= 0.3 is 0 Å². The second kappa shape index (κ2) is 4.16. The number of hydrogen-bond acceptors (Lipinski definition) is 2. The highest BCUT2D eigenvalue weighted by molar-refractivity contribution is 9.10. The van der Waals surface area contributed by atoms with Gasteiger partial charge in [0.15, 0.2) is 5.15 Å². The molecule has 0 atom stereocenters. The molecular formula is C10H6BrClN2O. The predicted molar refractivity (Wildman–Crippen MR) is 62.5 cm³/mol. The van der Waals surface area contributed by atoms with Crippen molar-refractivity contribution >= 4 is 27.5 Å². The van der Waals surface area contributed by atoms with Crippen LogP contribution < -0.4 is 5.56 Å². The van der Waals surface area contributed by atoms with Gasteiger partial charge in [-0.2, -0.15) is 9.78 Å². The average Bonchev–Trinajstić information content (AvgIpc) is 2.25. The van der Waals surface area contributed by atoms with Crippen molar-refractivity contribution in [3.05, 3.63) is 56.4 Å². The minimum absolute atomic E-state index is 0.225. The van der Waals surface area contributed by atoms with Gasteiger partial charge < -0.3 is 0 Å². The van der Waals surface area contributed by atoms with Gasteiger partial charge in [-0.25, -0.2) is 0 Å². The van der Waals surface area contributed by atoms with Crippen LogP contribution in [0.1, 0.15) is 0 Å². The fraction of sp³-hybridized carbons (Fsp3) is 0. The van der Waals surface area contributed by atoms with E-state index in [2.05, 4.69) is 21.0 Å². The standard InChI is InChI=1S/C10H6BrClN2O/c11-8-6-9(15)14(13-10(8)12)7-4-2-1-3-5-7/h1-6H. The van der Waals surface area contributed by atoms with Gasteiger partial charge in [0, 0.05) is 6.07 Å². The highest BCUT2D eigenvalue weighted by Gasteiger charge is 2.05. The van der Waals surface area contributed by atoms with E-state index in [9.17, 15) is 4.79 Å². The van der Waals surface area contributed by atoms with Crippen molar-refractivity contribution in [3.63, 3.8) is 0 Å². The van der Waals surface area contributed by atoms with E-state index in [0.29, 0.717) is 10.2 Å². The van der Waals surface area contributed by atoms with E-state index in [0.717, 1.165) is 0 Å². The summed E-state index contributed by atoms with van der Waals surface area (Å²) in [5.41, 5.74) is 0.467. The fourth-order valence-electron chi connectivity index (χ4n) is 1.17. The molecule has 0 bridgehead atoms. The van der Waals surface area contributed by atoms with Crippen LogP contribution in [0.3, 0.4) is 0 Å². The van der Waals surface area contributed by atoms with Crippen molar-refractivity contribution in [2.75, 3.05) is 0 Å². The number of para-hydroxylation sites is 1. The molecule has 1 aromatic carbocycles. The van der Waals surface area contributed by atoms with Gasteiger partial charge in [-0.05, 0) is 28.1 Å². The molecule has 0 saturated carbocycles. The Labute approximate surface area is 99.4 Å². The van der Waals surface area contributed by atoms with E-state index in [1.165, 1.54) is 10.7 Å². The number of nitrogens with zero attached hydrogens (tertiary/aromatic N) is 2. The summed E-state index contributed by atoms with van der Waals surface area (Å²) in [5, 5.41) is 4.23. The monoisotopic (exact) mass is 284 g/mol. The lowest BCUT2D eigenvalue weighted by molar-refractivity contribution is 0.803. The molecule has 1 heterocycles. The van der Waals surface area contributed by atoms with Crippen LogP contribution in [0.2, 0.25) is 5.15 Å². The van der Waals surface area contributed by atoms with Crippen LogP contribution >= 0.6 is 27.5 Å². The minimum Gasteiger partial charge on any atom is -0.267 e. The van der Waals surface area contributed by atoms with Crippen molar-refractivity contribution in [2.24, 2.45) is 0 Å². The molecule has 76 valence electrons. The highest BCUT2D eigenvalue weighted by Crippen LogP contribution is 2.17. The number of aromatic nitrogens is 2. The number of halogens is 2. The first-order chi connectivity index (χ1) is 7.18. The van der Waals surface area contributed by atoms with E-state index < -0.39 is 0 Å². The predicted octanol–water partition coefficient (Wildman–Crippen LogP) is 2.65. The largest absolute Gasteiger partial charge is 0.272 e. The van der Waals surface area contributed by atoms with Crippen molar-refractivity contribution in [1.82, 2.24) is 9.78 Å². The Hall–Kier alpha value is -1.13. The summed E-state index contributed by atoms with van der Waals surface area (Å²) in [6, 6.07) is 10.5. The minimum atomic E-state index is -0.225. The van der Waals surface area contributed by atoms with Crippen LogP contribution in [0.15, 0.2) is 45.7 Å². The summed E-state index contributed by atoms with van der Waals surface area (Å²) >= 11 is 8.96. The molecule has 0 aliphatic heterocycles. The first-order valence-corrected chi connectivity index (χ1v) is 5.36. The molecule has 15 heavy (non-hydrogen) atoms. The molecule has 1 aromatic heterocycles. The first-order valence-electron chi connectivity index (χ1n) is 4.19. The van der Waals surface area contributed by atoms with E-state index in [4.69, 9.17) is 11.6 Å². The molecule has 5 heteroatoms. The zero-order valence-corrected chi connectivity index (χ0v) is 9.86. The summed E-state index contributed by atoms with van der Waals surface area (Å²) in [6.07, 6.45) is 0. The number of benzene rings is 1. The van der Waals surface area contributed by atoms with Crippen molar-refractivity contribution < 1.29 is 0 Å². The number of hydrogen-bond donors (Lipinski definition) is 0. The molecule has 0 saturated heterocycles. The molecule has 0 unspecified atom stereocenters. The molecule has 0 amide bonds. The zero-order chi connectivity index (χ0) is 10.8. The van der Waals surface area contributed by atoms with Crippen LogP contribution in [0, 0.1) is 0 Å². The third kappa shape index (κ3) is 2.11. The van der Waals surface area contributed by atoms with Gasteiger partial charge in [0.2, 0.25) is 0 Å². The Morgan fingerprint density at radius 3 is 2.60 bits per heavy atom. The normalized spacial score (nSPS) is 10.3. The summed E-state index contributed by atoms with van der Waals surface area (Å²) in [4.78, 5) is 11.6. The Morgan fingerprint density at radius 2 is 1.93 bits per heavy atom. The SMILES string of the molecule is O=c1cc(Br)c(Cl)nn1-c1ccccc1. The van der Waals surface area contributed by atoms with Crippen LogP contribution in [0.4, 0.5) is 0 Å². The van der Waals surface area contributed by atoms with Gasteiger partial charge in [0.1, 0.15) is 0 Å². The maximum atomic E-state index is 11.6. The van der Waals surface area contributed by atoms with Gasteiger partial charge in [0.25, 0.3) is 5.56 Å². The molecule has 3 nitrogen and oxygen atoms in total. The molecule has 0 radical (unpaired) electrons. The van der Waals surface area contributed by atoms with E-state index >= 15 is 0 Å². The maximum Gasteiger partial charge on any atom is 0.272 e. The summed E-state index contributed by atoms with van der Waals surface area (Å²) < 4.78 is 1.76. The average molecular weight is 286 g/mol. The first kappa shape index (κ1) is 10.4.